The number of allylic oxidation sites excluding steroid dienone is 3. The number of benzene rings is 4. The number of phenols is 1. The first-order valence-corrected chi connectivity index (χ1v) is 23.7. The molecule has 0 bridgehead atoms. The van der Waals surface area contributed by atoms with Crippen molar-refractivity contribution in [3.63, 3.8) is 0 Å². The van der Waals surface area contributed by atoms with Crippen molar-refractivity contribution in [3.8, 4) is 17.2 Å². The minimum atomic E-state index is -0.683. The van der Waals surface area contributed by atoms with E-state index in [4.69, 9.17) is 9.47 Å². The van der Waals surface area contributed by atoms with E-state index in [1.165, 1.54) is 21.6 Å². The Hall–Kier alpha value is -3.66. The molecule has 51 heavy (non-hydrogen) atoms. The van der Waals surface area contributed by atoms with Gasteiger partial charge in [0.1, 0.15) is 11.5 Å². The van der Waals surface area contributed by atoms with Crippen LogP contribution in [-0.2, 0) is 9.59 Å². The predicted octanol–water partition coefficient (Wildman–Crippen LogP) is 10.2. The Kier molecular flexibility index (Phi) is 13.8. The van der Waals surface area contributed by atoms with E-state index < -0.39 is 16.7 Å². The van der Waals surface area contributed by atoms with Gasteiger partial charge in [0.2, 0.25) is 6.54 Å². The molecule has 1 saturated heterocycles. The summed E-state index contributed by atoms with van der Waals surface area (Å²) in [7, 11) is 0. The molecule has 1 N–H and O–H groups in total. The van der Waals surface area contributed by atoms with Crippen LogP contribution in [-0.4, -0.2) is 35.3 Å². The molecular weight excluding hydrogens is 748 g/mol. The number of hydrogen-bond acceptors (Lipinski definition) is 10. The molecule has 0 unspecified atom stereocenters. The van der Waals surface area contributed by atoms with Gasteiger partial charge in [0.15, 0.2) is 11.6 Å². The van der Waals surface area contributed by atoms with Crippen LogP contribution in [0.25, 0.3) is 17.2 Å². The highest BCUT2D eigenvalue weighted by Gasteiger charge is 2.34. The summed E-state index contributed by atoms with van der Waals surface area (Å²) in [6.45, 7) is 4.16. The third kappa shape index (κ3) is 10.0. The predicted molar refractivity (Wildman–Crippen MR) is 212 cm³/mol. The number of rotatable bonds is 12. The maximum Gasteiger partial charge on any atom is 0.311 e. The molecule has 1 fully saturated rings. The van der Waals surface area contributed by atoms with E-state index in [0.717, 1.165) is 39.8 Å². The number of fused-ring (bicyclic) bond motifs is 1. The first kappa shape index (κ1) is 38.6. The fourth-order valence-electron chi connectivity index (χ4n) is 5.31. The van der Waals surface area contributed by atoms with Crippen molar-refractivity contribution >= 4 is 86.7 Å². The number of thioether (sulfide) groups is 1. The van der Waals surface area contributed by atoms with Crippen molar-refractivity contribution in [2.75, 3.05) is 12.8 Å². The Labute approximate surface area is 309 Å². The highest BCUT2D eigenvalue weighted by Crippen LogP contribution is 2.95. The van der Waals surface area contributed by atoms with Crippen LogP contribution in [0.5, 0.6) is 17.2 Å². The fourth-order valence-corrected chi connectivity index (χ4v) is 21.9. The van der Waals surface area contributed by atoms with E-state index in [0.29, 0.717) is 18.0 Å². The zero-order valence-electron chi connectivity index (χ0n) is 27.9. The first-order chi connectivity index (χ1) is 24.6. The van der Waals surface area contributed by atoms with Crippen LogP contribution in [0.1, 0.15) is 49.8 Å². The summed E-state index contributed by atoms with van der Waals surface area (Å²) in [6.07, 6.45) is 4.30. The molecule has 8 nitrogen and oxygen atoms in total. The molecule has 0 saturated carbocycles. The molecule has 0 spiro atoms. The second kappa shape index (κ2) is 18.2. The van der Waals surface area contributed by atoms with E-state index in [-0.39, 0.29) is 37.8 Å². The maximum atomic E-state index is 14.7. The van der Waals surface area contributed by atoms with Gasteiger partial charge in [0.05, 0.1) is 19.1 Å². The smallest absolute Gasteiger partial charge is 0.311 e. The van der Waals surface area contributed by atoms with E-state index in [1.807, 2.05) is 90.6 Å². The summed E-state index contributed by atoms with van der Waals surface area (Å²) in [4.78, 5) is 33.4. The summed E-state index contributed by atoms with van der Waals surface area (Å²) >= 11 is 5.68. The quantitative estimate of drug-likeness (QED) is 0.0283. The van der Waals surface area contributed by atoms with Crippen LogP contribution in [0.3, 0.4) is 0 Å². The molecule has 2 aliphatic rings. The Morgan fingerprint density at radius 2 is 1.61 bits per heavy atom. The summed E-state index contributed by atoms with van der Waals surface area (Å²) < 4.78 is 24.7. The van der Waals surface area contributed by atoms with Crippen molar-refractivity contribution in [3.05, 3.63) is 123 Å². The second-order valence-electron chi connectivity index (χ2n) is 11.2. The van der Waals surface area contributed by atoms with Crippen LogP contribution >= 0.6 is 46.4 Å². The number of nitro groups is 1. The summed E-state index contributed by atoms with van der Waals surface area (Å²) in [6, 6.07) is 26.3. The number of nitrogens with zero attached hydrogens (tertiary/aromatic N) is 1. The third-order valence-corrected chi connectivity index (χ3v) is 27.5. The van der Waals surface area contributed by atoms with Gasteiger partial charge in [0, 0.05) is 16.2 Å². The van der Waals surface area contributed by atoms with E-state index in [2.05, 4.69) is 18.2 Å². The first-order valence-electron chi connectivity index (χ1n) is 15.8. The fraction of sp³-hybridized carbons (Fsp3) is 0.189. The van der Waals surface area contributed by atoms with Gasteiger partial charge in [-0.2, -0.15) is 0 Å². The second-order valence-corrected chi connectivity index (χ2v) is 24.1. The van der Waals surface area contributed by atoms with Gasteiger partial charge < -0.3 is 14.6 Å². The minimum Gasteiger partial charge on any atom is -0.508 e. The highest BCUT2D eigenvalue weighted by molar-refractivity contribution is 9.37. The molecule has 14 heteroatoms. The maximum absolute atomic E-state index is 14.7. The van der Waals surface area contributed by atoms with Crippen molar-refractivity contribution in [1.82, 2.24) is 0 Å². The number of ether oxygens (including phenoxy) is 2. The lowest BCUT2D eigenvalue weighted by atomic mass is 10.00. The Balaban J connectivity index is 0.000000216. The van der Waals surface area contributed by atoms with Gasteiger partial charge >= 0.3 is 5.97 Å². The number of phenolic OH excluding ortho intramolecular Hbond substituents is 1. The van der Waals surface area contributed by atoms with Crippen molar-refractivity contribution in [2.45, 2.75) is 38.0 Å². The molecule has 4 aromatic carbocycles. The minimum absolute atomic E-state index is 0.0518. The monoisotopic (exact) mass is 781 g/mol. The van der Waals surface area contributed by atoms with Crippen molar-refractivity contribution < 1.29 is 33.5 Å². The number of halogens is 1. The standard InChI is InChI=1S/C24H24FNO4S.C13H10O3P2S2/c1-4-18-15(2)19(12-16-7-9-17(31-3)10-8-16)21-14-23(22(25)13-20(18)21)30-24(27)6-5-11-26(28)29;14-9-16-11-3-7-13(8-4-11)18-19-17(20-18)12-5-1-10(15)2-6-12/h7-10,12-14H,4-6,11H2,1-3H3;1-9,15H/b19-12-;. The average molecular weight is 782 g/mol. The Bertz CT molecular complexity index is 1950. The van der Waals surface area contributed by atoms with E-state index in [9.17, 15) is 29.2 Å². The van der Waals surface area contributed by atoms with Gasteiger partial charge in [-0.15, -0.1) is 11.8 Å². The van der Waals surface area contributed by atoms with Crippen LogP contribution < -0.4 is 20.1 Å². The van der Waals surface area contributed by atoms with Crippen LogP contribution in [0.2, 0.25) is 0 Å². The lowest BCUT2D eigenvalue weighted by Crippen LogP contribution is -2.11. The van der Waals surface area contributed by atoms with Gasteiger partial charge in [-0.3, -0.25) is 19.7 Å². The molecule has 6 rings (SSSR count). The highest BCUT2D eigenvalue weighted by atomic mass is 33.6. The number of carbonyl (C=O) groups excluding carboxylic acids is 2. The Morgan fingerprint density at radius 3 is 2.18 bits per heavy atom. The molecule has 0 amide bonds. The van der Waals surface area contributed by atoms with Crippen LogP contribution in [0.4, 0.5) is 4.39 Å². The third-order valence-electron chi connectivity index (χ3n) is 7.86. The van der Waals surface area contributed by atoms with Crippen LogP contribution in [0, 0.1) is 15.9 Å². The van der Waals surface area contributed by atoms with E-state index in [1.54, 1.807) is 30.0 Å². The van der Waals surface area contributed by atoms with Crippen molar-refractivity contribution in [1.29, 1.82) is 0 Å². The molecule has 0 aromatic heterocycles. The molecule has 0 radical (unpaired) electrons. The Morgan fingerprint density at radius 1 is 0.980 bits per heavy atom. The normalized spacial score (nSPS) is 16.8. The molecule has 264 valence electrons. The van der Waals surface area contributed by atoms with E-state index >= 15 is 0 Å². The lowest BCUT2D eigenvalue weighted by Gasteiger charge is -2.33. The average Bonchev–Trinajstić information content (AvgIpc) is 3.34. The number of esters is 1. The summed E-state index contributed by atoms with van der Waals surface area (Å²) in [5.74, 6) is -0.566. The molecule has 0 atom stereocenters. The zero-order chi connectivity index (χ0) is 36.5. The largest absolute Gasteiger partial charge is 0.508 e. The number of carbonyl (C=O) groups is 2. The molecule has 1 heterocycles. The molecule has 1 aliphatic heterocycles. The van der Waals surface area contributed by atoms with Gasteiger partial charge in [0.25, 0.3) is 6.47 Å². The molecule has 4 aromatic rings. The van der Waals surface area contributed by atoms with Crippen molar-refractivity contribution in [2.24, 2.45) is 0 Å². The van der Waals surface area contributed by atoms with Gasteiger partial charge in [-0.05, 0) is 142 Å². The number of hydrogen-bond donors (Lipinski definition) is 1. The van der Waals surface area contributed by atoms with Gasteiger partial charge in [-0.25, -0.2) is 4.39 Å². The molecule has 1 aliphatic carbocycles. The summed E-state index contributed by atoms with van der Waals surface area (Å²) in [5, 5.41) is 22.3. The SMILES string of the molecule is CCC1=C(C)/C(=C/c2ccc(SC)cc2)c2cc(OC(=O)CCC[N+](=O)[O-])c(F)cc21.O=COc1ccc(P2SP(c3ccc(O)cc3)S2)cc1. The van der Waals surface area contributed by atoms with Crippen LogP contribution in [0.15, 0.2) is 95.4 Å². The lowest BCUT2D eigenvalue weighted by molar-refractivity contribution is -0.480. The van der Waals surface area contributed by atoms with Gasteiger partial charge in [-0.1, -0.05) is 41.1 Å². The summed E-state index contributed by atoms with van der Waals surface area (Å²) in [5.41, 5.74) is 5.74. The number of aromatic hydroxyl groups is 1. The molecular formula is C37H34FNO7P2S3. The zero-order valence-corrected chi connectivity index (χ0v) is 32.1. The topological polar surface area (TPSA) is 116 Å².